The van der Waals surface area contributed by atoms with Crippen LogP contribution < -0.4 is 9.47 Å². The molecule has 3 aromatic carbocycles. The van der Waals surface area contributed by atoms with Crippen molar-refractivity contribution >= 4 is 0 Å². The van der Waals surface area contributed by atoms with Crippen LogP contribution in [0, 0.1) is 29.6 Å². The third kappa shape index (κ3) is 6.73. The summed E-state index contributed by atoms with van der Waals surface area (Å²) < 4.78 is 11.7. The molecule has 3 rings (SSSR count). The molecular weight excluding hydrogens is 420 g/mol. The second-order valence-electron chi connectivity index (χ2n) is 7.97. The molecule has 0 atom stereocenters. The monoisotopic (exact) mass is 446 g/mol. The number of hydrogen-bond acceptors (Lipinski definition) is 4. The molecule has 0 aliphatic carbocycles. The highest BCUT2D eigenvalue weighted by Gasteiger charge is 2.04. The van der Waals surface area contributed by atoms with Crippen LogP contribution in [0.5, 0.6) is 17.2 Å². The Hall–Kier alpha value is -4.54. The van der Waals surface area contributed by atoms with Crippen molar-refractivity contribution in [1.82, 2.24) is 0 Å². The second kappa shape index (κ2) is 11.4. The Balaban J connectivity index is 1.59. The largest absolute Gasteiger partial charge is 0.462 e. The maximum atomic E-state index is 9.19. The summed E-state index contributed by atoms with van der Waals surface area (Å²) in [6.45, 7) is 9.31. The summed E-state index contributed by atoms with van der Waals surface area (Å²) in [5.41, 5.74) is 5.13. The average Bonchev–Trinajstić information content (AvgIpc) is 2.85. The zero-order valence-electron chi connectivity index (χ0n) is 19.6. The number of aryl methyl sites for hydroxylation is 1. The van der Waals surface area contributed by atoms with Gasteiger partial charge in [0.25, 0.3) is 0 Å². The van der Waals surface area contributed by atoms with Crippen LogP contribution in [0.3, 0.4) is 0 Å². The van der Waals surface area contributed by atoms with Crippen LogP contribution in [0.25, 0.3) is 0 Å². The summed E-state index contributed by atoms with van der Waals surface area (Å²) in [6, 6.07) is 25.6. The van der Waals surface area contributed by atoms with Gasteiger partial charge in [-0.05, 0) is 91.9 Å². The first-order valence-electron chi connectivity index (χ1n) is 10.9. The summed E-state index contributed by atoms with van der Waals surface area (Å²) in [6.07, 6.45) is 4.44. The van der Waals surface area contributed by atoms with Gasteiger partial charge in [-0.3, -0.25) is 0 Å². The maximum Gasteiger partial charge on any atom is 0.128 e. The Morgan fingerprint density at radius 2 is 1.44 bits per heavy atom. The van der Waals surface area contributed by atoms with Gasteiger partial charge in [-0.2, -0.15) is 10.5 Å². The van der Waals surface area contributed by atoms with E-state index >= 15 is 0 Å². The normalized spacial score (nSPS) is 11.3. The molecule has 0 aromatic heterocycles. The van der Waals surface area contributed by atoms with Gasteiger partial charge in [-0.15, -0.1) is 0 Å². The topological polar surface area (TPSA) is 66.0 Å². The van der Waals surface area contributed by atoms with Crippen LogP contribution in [0.4, 0.5) is 0 Å². The van der Waals surface area contributed by atoms with Crippen molar-refractivity contribution in [2.45, 2.75) is 27.2 Å². The minimum atomic E-state index is 0.441. The standard InChI is InChI=1S/C30H26N2O2/c1-21(23(3)19-31)5-7-24(4)33-28-13-8-25(9-14-28)17-26-10-15-29(16-11-26)34-30-12-6-22(2)27(18-30)20-32/h5-16,18H,3,17H2,1-2,4H3/b21-5-,24-7+. The number of benzene rings is 3. The zero-order valence-corrected chi connectivity index (χ0v) is 19.6. The molecule has 0 heterocycles. The van der Waals surface area contributed by atoms with E-state index in [1.165, 1.54) is 5.56 Å². The number of hydrogen-bond donors (Lipinski definition) is 0. The molecule has 0 fully saturated rings. The molecule has 0 amide bonds. The van der Waals surface area contributed by atoms with Crippen molar-refractivity contribution in [3.8, 4) is 29.4 Å². The highest BCUT2D eigenvalue weighted by molar-refractivity contribution is 5.44. The quantitative estimate of drug-likeness (QED) is 0.203. The first-order chi connectivity index (χ1) is 16.4. The number of nitrogens with zero attached hydrogens (tertiary/aromatic N) is 2. The van der Waals surface area contributed by atoms with Gasteiger partial charge < -0.3 is 9.47 Å². The van der Waals surface area contributed by atoms with Crippen LogP contribution in [0.1, 0.15) is 36.1 Å². The minimum Gasteiger partial charge on any atom is -0.462 e. The molecule has 0 radical (unpaired) electrons. The lowest BCUT2D eigenvalue weighted by Crippen LogP contribution is -1.93. The fourth-order valence-corrected chi connectivity index (χ4v) is 3.16. The number of rotatable bonds is 8. The van der Waals surface area contributed by atoms with E-state index in [1.807, 2.05) is 99.7 Å². The minimum absolute atomic E-state index is 0.441. The molecule has 0 spiro atoms. The third-order valence-corrected chi connectivity index (χ3v) is 5.28. The van der Waals surface area contributed by atoms with E-state index < -0.39 is 0 Å². The van der Waals surface area contributed by atoms with Crippen LogP contribution in [-0.2, 0) is 6.42 Å². The Morgan fingerprint density at radius 3 is 2.03 bits per heavy atom. The van der Waals surface area contributed by atoms with E-state index in [1.54, 1.807) is 6.07 Å². The predicted molar refractivity (Wildman–Crippen MR) is 135 cm³/mol. The highest BCUT2D eigenvalue weighted by Crippen LogP contribution is 2.25. The molecule has 0 aliphatic rings. The van der Waals surface area contributed by atoms with Crippen molar-refractivity contribution in [3.63, 3.8) is 0 Å². The summed E-state index contributed by atoms with van der Waals surface area (Å²) in [5, 5.41) is 18.1. The van der Waals surface area contributed by atoms with E-state index in [0.29, 0.717) is 16.9 Å². The summed E-state index contributed by atoms with van der Waals surface area (Å²) in [4.78, 5) is 0. The zero-order chi connectivity index (χ0) is 24.5. The molecule has 3 aromatic rings. The maximum absolute atomic E-state index is 9.19. The van der Waals surface area contributed by atoms with Gasteiger partial charge >= 0.3 is 0 Å². The molecule has 34 heavy (non-hydrogen) atoms. The van der Waals surface area contributed by atoms with E-state index in [4.69, 9.17) is 14.7 Å². The fraction of sp³-hybridized carbons (Fsp3) is 0.133. The van der Waals surface area contributed by atoms with Gasteiger partial charge in [0.2, 0.25) is 0 Å². The second-order valence-corrected chi connectivity index (χ2v) is 7.97. The SMILES string of the molecule is C=C(C#N)/C(C)=C\C=C(/C)Oc1ccc(Cc2ccc(Oc3ccc(C)c(C#N)c3)cc2)cc1. The van der Waals surface area contributed by atoms with Gasteiger partial charge in [0, 0.05) is 5.57 Å². The summed E-state index contributed by atoms with van der Waals surface area (Å²) in [5.74, 6) is 2.85. The summed E-state index contributed by atoms with van der Waals surface area (Å²) >= 11 is 0. The molecule has 0 N–H and O–H groups in total. The highest BCUT2D eigenvalue weighted by atomic mass is 16.5. The van der Waals surface area contributed by atoms with Crippen LogP contribution in [-0.4, -0.2) is 0 Å². The molecule has 168 valence electrons. The van der Waals surface area contributed by atoms with E-state index in [0.717, 1.165) is 40.4 Å². The van der Waals surface area contributed by atoms with E-state index in [2.05, 4.69) is 12.6 Å². The van der Waals surface area contributed by atoms with Crippen molar-refractivity contribution in [2.75, 3.05) is 0 Å². The number of nitriles is 2. The molecule has 0 aliphatic heterocycles. The average molecular weight is 447 g/mol. The first-order valence-corrected chi connectivity index (χ1v) is 10.9. The Kier molecular flexibility index (Phi) is 8.06. The van der Waals surface area contributed by atoms with Crippen molar-refractivity contribution in [3.05, 3.63) is 125 Å². The van der Waals surface area contributed by atoms with Crippen molar-refractivity contribution < 1.29 is 9.47 Å². The number of allylic oxidation sites excluding steroid dienone is 5. The first kappa shape index (κ1) is 24.1. The lowest BCUT2D eigenvalue weighted by molar-refractivity contribution is 0.428. The molecule has 4 nitrogen and oxygen atoms in total. The predicted octanol–water partition coefficient (Wildman–Crippen LogP) is 7.56. The lowest BCUT2D eigenvalue weighted by atomic mass is 10.0. The summed E-state index contributed by atoms with van der Waals surface area (Å²) in [7, 11) is 0. The van der Waals surface area contributed by atoms with Crippen molar-refractivity contribution in [1.29, 1.82) is 10.5 Å². The van der Waals surface area contributed by atoms with E-state index in [9.17, 15) is 5.26 Å². The number of ether oxygens (including phenoxy) is 2. The molecule has 0 bridgehead atoms. The van der Waals surface area contributed by atoms with Crippen molar-refractivity contribution in [2.24, 2.45) is 0 Å². The van der Waals surface area contributed by atoms with Gasteiger partial charge in [-0.25, -0.2) is 0 Å². The van der Waals surface area contributed by atoms with E-state index in [-0.39, 0.29) is 0 Å². The molecule has 0 saturated heterocycles. The molecule has 4 heteroatoms. The molecular formula is C30H26N2O2. The van der Waals surface area contributed by atoms with Crippen LogP contribution in [0.2, 0.25) is 0 Å². The lowest BCUT2D eigenvalue weighted by Gasteiger charge is -2.09. The fourth-order valence-electron chi connectivity index (χ4n) is 3.16. The van der Waals surface area contributed by atoms with Gasteiger partial charge in [0.1, 0.15) is 23.0 Å². The van der Waals surface area contributed by atoms with Crippen LogP contribution >= 0.6 is 0 Å². The van der Waals surface area contributed by atoms with Gasteiger partial charge in [0.15, 0.2) is 0 Å². The Morgan fingerprint density at radius 1 is 0.853 bits per heavy atom. The third-order valence-electron chi connectivity index (χ3n) is 5.28. The smallest absolute Gasteiger partial charge is 0.128 e. The van der Waals surface area contributed by atoms with Crippen LogP contribution in [0.15, 0.2) is 102 Å². The molecule has 0 saturated carbocycles. The van der Waals surface area contributed by atoms with Gasteiger partial charge in [0.05, 0.1) is 17.7 Å². The Bertz CT molecular complexity index is 1320. The molecule has 0 unspecified atom stereocenters. The van der Waals surface area contributed by atoms with Gasteiger partial charge in [-0.1, -0.05) is 43.0 Å². The Labute approximate surface area is 201 Å².